The van der Waals surface area contributed by atoms with Crippen LogP contribution in [0, 0.1) is 5.41 Å². The summed E-state index contributed by atoms with van der Waals surface area (Å²) in [6, 6.07) is 2.12. The zero-order valence-electron chi connectivity index (χ0n) is 11.9. The minimum atomic E-state index is 0.139. The summed E-state index contributed by atoms with van der Waals surface area (Å²) in [7, 11) is 0. The fraction of sp³-hybridized carbons (Fsp3) is 0.571. The topological polar surface area (TPSA) is 64.1 Å². The molecular weight excluding hydrogens is 242 g/mol. The summed E-state index contributed by atoms with van der Waals surface area (Å²) in [5.41, 5.74) is 0.978. The molecule has 5 nitrogen and oxygen atoms in total. The standard InChI is InChI=1S/C14H21N3O2/c1-5-15-11(14(2,3)4)8-12-16-13(17-19-12)10-6-7-18-9-10/h6-7,9,11,15H,5,8H2,1-4H3. The number of hydrogen-bond donors (Lipinski definition) is 1. The monoisotopic (exact) mass is 263 g/mol. The maximum atomic E-state index is 5.32. The number of likely N-dealkylation sites (N-methyl/N-ethyl adjacent to an activating group) is 1. The Morgan fingerprint density at radius 2 is 2.16 bits per heavy atom. The van der Waals surface area contributed by atoms with E-state index in [0.29, 0.717) is 17.8 Å². The largest absolute Gasteiger partial charge is 0.472 e. The Balaban J connectivity index is 2.10. The predicted octanol–water partition coefficient (Wildman–Crippen LogP) is 2.90. The second-order valence-electron chi connectivity index (χ2n) is 5.70. The summed E-state index contributed by atoms with van der Waals surface area (Å²) in [6.07, 6.45) is 3.93. The van der Waals surface area contributed by atoms with Crippen LogP contribution in [-0.4, -0.2) is 22.7 Å². The first kappa shape index (κ1) is 13.8. The summed E-state index contributed by atoms with van der Waals surface area (Å²) in [5.74, 6) is 1.23. The van der Waals surface area contributed by atoms with Crippen LogP contribution in [0.15, 0.2) is 27.5 Å². The maximum absolute atomic E-state index is 5.32. The highest BCUT2D eigenvalue weighted by atomic mass is 16.5. The highest BCUT2D eigenvalue weighted by Crippen LogP contribution is 2.23. The van der Waals surface area contributed by atoms with Gasteiger partial charge < -0.3 is 14.3 Å². The van der Waals surface area contributed by atoms with E-state index < -0.39 is 0 Å². The zero-order valence-corrected chi connectivity index (χ0v) is 11.9. The molecule has 0 saturated heterocycles. The third-order valence-electron chi connectivity index (χ3n) is 3.12. The van der Waals surface area contributed by atoms with Crippen LogP contribution in [-0.2, 0) is 6.42 Å². The average Bonchev–Trinajstić information content (AvgIpc) is 2.97. The minimum Gasteiger partial charge on any atom is -0.472 e. The summed E-state index contributed by atoms with van der Waals surface area (Å²) in [5, 5.41) is 7.45. The van der Waals surface area contributed by atoms with Crippen LogP contribution in [0.5, 0.6) is 0 Å². The molecule has 0 bridgehead atoms. The molecule has 2 rings (SSSR count). The van der Waals surface area contributed by atoms with E-state index in [1.54, 1.807) is 12.5 Å². The molecule has 0 aliphatic heterocycles. The van der Waals surface area contributed by atoms with Crippen molar-refractivity contribution in [1.82, 2.24) is 15.5 Å². The van der Waals surface area contributed by atoms with Gasteiger partial charge in [0.25, 0.3) is 0 Å². The molecule has 19 heavy (non-hydrogen) atoms. The number of aromatic nitrogens is 2. The molecule has 0 aliphatic rings. The molecule has 5 heteroatoms. The van der Waals surface area contributed by atoms with Gasteiger partial charge in [0.2, 0.25) is 11.7 Å². The Hall–Kier alpha value is -1.62. The lowest BCUT2D eigenvalue weighted by molar-refractivity contribution is 0.247. The second kappa shape index (κ2) is 5.57. The number of nitrogens with one attached hydrogen (secondary N) is 1. The first-order valence-electron chi connectivity index (χ1n) is 6.59. The van der Waals surface area contributed by atoms with Crippen LogP contribution in [0.25, 0.3) is 11.4 Å². The van der Waals surface area contributed by atoms with E-state index in [1.165, 1.54) is 0 Å². The molecule has 0 spiro atoms. The Bertz CT molecular complexity index is 497. The SMILES string of the molecule is CCNC(Cc1nc(-c2ccoc2)no1)C(C)(C)C. The molecule has 2 aromatic heterocycles. The van der Waals surface area contributed by atoms with Gasteiger partial charge in [-0.1, -0.05) is 32.9 Å². The number of hydrogen-bond acceptors (Lipinski definition) is 5. The van der Waals surface area contributed by atoms with Gasteiger partial charge >= 0.3 is 0 Å². The van der Waals surface area contributed by atoms with Gasteiger partial charge in [-0.15, -0.1) is 0 Å². The van der Waals surface area contributed by atoms with Gasteiger partial charge in [0.05, 0.1) is 11.8 Å². The van der Waals surface area contributed by atoms with E-state index >= 15 is 0 Å². The van der Waals surface area contributed by atoms with Gasteiger partial charge in [0.15, 0.2) is 0 Å². The zero-order chi connectivity index (χ0) is 13.9. The highest BCUT2D eigenvalue weighted by Gasteiger charge is 2.26. The minimum absolute atomic E-state index is 0.139. The average molecular weight is 263 g/mol. The molecule has 2 aromatic rings. The maximum Gasteiger partial charge on any atom is 0.228 e. The Kier molecular flexibility index (Phi) is 4.04. The lowest BCUT2D eigenvalue weighted by Crippen LogP contribution is -2.41. The summed E-state index contributed by atoms with van der Waals surface area (Å²) in [6.45, 7) is 9.63. The van der Waals surface area contributed by atoms with E-state index in [4.69, 9.17) is 8.94 Å². The quantitative estimate of drug-likeness (QED) is 0.898. The molecule has 1 unspecified atom stereocenters. The highest BCUT2D eigenvalue weighted by molar-refractivity contribution is 5.51. The van der Waals surface area contributed by atoms with Crippen LogP contribution in [0.2, 0.25) is 0 Å². The first-order valence-corrected chi connectivity index (χ1v) is 6.59. The van der Waals surface area contributed by atoms with Crippen molar-refractivity contribution >= 4 is 0 Å². The third kappa shape index (κ3) is 3.44. The Morgan fingerprint density at radius 3 is 2.74 bits per heavy atom. The van der Waals surface area contributed by atoms with Crippen molar-refractivity contribution in [1.29, 1.82) is 0 Å². The van der Waals surface area contributed by atoms with E-state index in [-0.39, 0.29) is 5.41 Å². The van der Waals surface area contributed by atoms with Crippen LogP contribution >= 0.6 is 0 Å². The van der Waals surface area contributed by atoms with Crippen molar-refractivity contribution in [3.05, 3.63) is 24.5 Å². The summed E-state index contributed by atoms with van der Waals surface area (Å²) in [4.78, 5) is 4.41. The third-order valence-corrected chi connectivity index (χ3v) is 3.12. The van der Waals surface area contributed by atoms with Crippen molar-refractivity contribution in [3.8, 4) is 11.4 Å². The van der Waals surface area contributed by atoms with E-state index in [0.717, 1.165) is 18.5 Å². The Labute approximate surface area is 113 Å². The van der Waals surface area contributed by atoms with Crippen LogP contribution < -0.4 is 5.32 Å². The van der Waals surface area contributed by atoms with Gasteiger partial charge in [0.1, 0.15) is 6.26 Å². The van der Waals surface area contributed by atoms with Crippen LogP contribution in [0.4, 0.5) is 0 Å². The van der Waals surface area contributed by atoms with Crippen molar-refractivity contribution < 1.29 is 8.94 Å². The first-order chi connectivity index (χ1) is 9.00. The van der Waals surface area contributed by atoms with Gasteiger partial charge in [-0.05, 0) is 18.0 Å². The van der Waals surface area contributed by atoms with Crippen LogP contribution in [0.3, 0.4) is 0 Å². The molecule has 0 aromatic carbocycles. The normalized spacial score (nSPS) is 13.7. The molecule has 1 atom stereocenters. The van der Waals surface area contributed by atoms with Gasteiger partial charge in [-0.2, -0.15) is 4.98 Å². The van der Waals surface area contributed by atoms with Crippen molar-refractivity contribution in [2.24, 2.45) is 5.41 Å². The number of furan rings is 1. The molecule has 104 valence electrons. The van der Waals surface area contributed by atoms with Crippen molar-refractivity contribution in [3.63, 3.8) is 0 Å². The van der Waals surface area contributed by atoms with Gasteiger partial charge in [-0.25, -0.2) is 0 Å². The van der Waals surface area contributed by atoms with E-state index in [1.807, 2.05) is 6.07 Å². The molecule has 1 N–H and O–H groups in total. The number of nitrogens with zero attached hydrogens (tertiary/aromatic N) is 2. The van der Waals surface area contributed by atoms with Gasteiger partial charge in [-0.3, -0.25) is 0 Å². The molecular formula is C14H21N3O2. The van der Waals surface area contributed by atoms with E-state index in [2.05, 4.69) is 43.2 Å². The second-order valence-corrected chi connectivity index (χ2v) is 5.70. The lowest BCUT2D eigenvalue weighted by Gasteiger charge is -2.30. The van der Waals surface area contributed by atoms with E-state index in [9.17, 15) is 0 Å². The summed E-state index contributed by atoms with van der Waals surface area (Å²) < 4.78 is 10.3. The van der Waals surface area contributed by atoms with Crippen molar-refractivity contribution in [2.75, 3.05) is 6.54 Å². The van der Waals surface area contributed by atoms with Gasteiger partial charge in [0, 0.05) is 12.5 Å². The predicted molar refractivity (Wildman–Crippen MR) is 72.6 cm³/mol. The summed E-state index contributed by atoms with van der Waals surface area (Å²) >= 11 is 0. The molecule has 0 fully saturated rings. The fourth-order valence-electron chi connectivity index (χ4n) is 1.95. The molecule has 0 amide bonds. The number of rotatable bonds is 5. The smallest absolute Gasteiger partial charge is 0.228 e. The molecule has 0 aliphatic carbocycles. The van der Waals surface area contributed by atoms with Crippen molar-refractivity contribution in [2.45, 2.75) is 40.2 Å². The lowest BCUT2D eigenvalue weighted by atomic mass is 9.84. The Morgan fingerprint density at radius 1 is 1.37 bits per heavy atom. The molecule has 0 radical (unpaired) electrons. The van der Waals surface area contributed by atoms with Crippen LogP contribution in [0.1, 0.15) is 33.6 Å². The molecule has 2 heterocycles. The fourth-order valence-corrected chi connectivity index (χ4v) is 1.95. The molecule has 0 saturated carbocycles.